The third-order valence-corrected chi connectivity index (χ3v) is 5.68. The van der Waals surface area contributed by atoms with Gasteiger partial charge in [-0.25, -0.2) is 4.98 Å². The second kappa shape index (κ2) is 6.11. The van der Waals surface area contributed by atoms with E-state index in [4.69, 9.17) is 4.74 Å². The standard InChI is InChI=1S/C17H16FN3O3S/c18-16-6-5-13(11-19-16)24-12-7-9-21(10-8-12)17-14-3-1-2-4-15(14)25(22,23)20-17/h1-6,11-12H,7-10H2. The summed E-state index contributed by atoms with van der Waals surface area (Å²) in [5, 5.41) is 0. The summed E-state index contributed by atoms with van der Waals surface area (Å²) in [4.78, 5) is 5.82. The molecule has 25 heavy (non-hydrogen) atoms. The lowest BCUT2D eigenvalue weighted by atomic mass is 10.1. The highest BCUT2D eigenvalue weighted by molar-refractivity contribution is 7.90. The summed E-state index contributed by atoms with van der Waals surface area (Å²) < 4.78 is 46.9. The fraction of sp³-hybridized carbons (Fsp3) is 0.294. The maximum Gasteiger partial charge on any atom is 0.285 e. The van der Waals surface area contributed by atoms with Crippen molar-refractivity contribution in [3.8, 4) is 5.75 Å². The normalized spacial score (nSPS) is 19.4. The molecule has 0 radical (unpaired) electrons. The summed E-state index contributed by atoms with van der Waals surface area (Å²) in [6.07, 6.45) is 2.79. The minimum absolute atomic E-state index is 0.0163. The lowest BCUT2D eigenvalue weighted by Crippen LogP contribution is -2.41. The Morgan fingerprint density at radius 2 is 1.88 bits per heavy atom. The molecule has 0 bridgehead atoms. The number of fused-ring (bicyclic) bond motifs is 1. The van der Waals surface area contributed by atoms with Gasteiger partial charge >= 0.3 is 0 Å². The van der Waals surface area contributed by atoms with Crippen molar-refractivity contribution in [1.82, 2.24) is 9.88 Å². The molecule has 0 amide bonds. The minimum atomic E-state index is -3.60. The second-order valence-corrected chi connectivity index (χ2v) is 7.58. The molecule has 2 aliphatic heterocycles. The molecule has 0 saturated carbocycles. The molecule has 0 unspecified atom stereocenters. The van der Waals surface area contributed by atoms with E-state index in [1.54, 1.807) is 24.3 Å². The lowest BCUT2D eigenvalue weighted by molar-refractivity contribution is 0.130. The van der Waals surface area contributed by atoms with E-state index in [0.717, 1.165) is 12.8 Å². The van der Waals surface area contributed by atoms with Crippen LogP contribution in [0.4, 0.5) is 4.39 Å². The van der Waals surface area contributed by atoms with Gasteiger partial charge in [0.15, 0.2) is 5.84 Å². The van der Waals surface area contributed by atoms with Crippen LogP contribution in [0.15, 0.2) is 51.9 Å². The maximum absolute atomic E-state index is 12.8. The van der Waals surface area contributed by atoms with E-state index in [2.05, 4.69) is 9.38 Å². The van der Waals surface area contributed by atoms with Gasteiger partial charge in [-0.1, -0.05) is 12.1 Å². The van der Waals surface area contributed by atoms with Crippen LogP contribution >= 0.6 is 0 Å². The number of ether oxygens (including phenoxy) is 1. The summed E-state index contributed by atoms with van der Waals surface area (Å²) in [5.41, 5.74) is 0.657. The number of hydrogen-bond acceptors (Lipinski definition) is 5. The molecular weight excluding hydrogens is 345 g/mol. The van der Waals surface area contributed by atoms with Crippen molar-refractivity contribution in [2.75, 3.05) is 13.1 Å². The Balaban J connectivity index is 1.45. The zero-order valence-electron chi connectivity index (χ0n) is 13.3. The highest BCUT2D eigenvalue weighted by atomic mass is 32.2. The highest BCUT2D eigenvalue weighted by Crippen LogP contribution is 2.29. The van der Waals surface area contributed by atoms with Crippen LogP contribution in [0.5, 0.6) is 5.75 Å². The molecule has 1 aromatic heterocycles. The summed E-state index contributed by atoms with van der Waals surface area (Å²) in [6, 6.07) is 9.69. The largest absolute Gasteiger partial charge is 0.489 e. The zero-order valence-corrected chi connectivity index (χ0v) is 14.1. The van der Waals surface area contributed by atoms with Crippen LogP contribution < -0.4 is 4.74 Å². The first kappa shape index (κ1) is 16.0. The maximum atomic E-state index is 12.8. The molecule has 1 aromatic carbocycles. The smallest absolute Gasteiger partial charge is 0.285 e. The van der Waals surface area contributed by atoms with Gasteiger partial charge in [0.05, 0.1) is 6.20 Å². The van der Waals surface area contributed by atoms with Gasteiger partial charge in [-0.15, -0.1) is 4.40 Å². The first-order valence-electron chi connectivity index (χ1n) is 8.00. The Labute approximate surface area is 145 Å². The van der Waals surface area contributed by atoms with Crippen LogP contribution in [0.1, 0.15) is 18.4 Å². The van der Waals surface area contributed by atoms with Gasteiger partial charge in [0.1, 0.15) is 16.7 Å². The van der Waals surface area contributed by atoms with Crippen molar-refractivity contribution in [3.05, 3.63) is 54.1 Å². The number of sulfonamides is 1. The van der Waals surface area contributed by atoms with Crippen molar-refractivity contribution in [2.45, 2.75) is 23.8 Å². The molecule has 1 fully saturated rings. The number of pyridine rings is 1. The third kappa shape index (κ3) is 3.09. The molecule has 130 valence electrons. The lowest BCUT2D eigenvalue weighted by Gasteiger charge is -2.33. The van der Waals surface area contributed by atoms with E-state index >= 15 is 0 Å². The average Bonchev–Trinajstić information content (AvgIpc) is 2.90. The second-order valence-electron chi connectivity index (χ2n) is 6.01. The summed E-state index contributed by atoms with van der Waals surface area (Å²) in [6.45, 7) is 1.28. The Hall–Kier alpha value is -2.48. The van der Waals surface area contributed by atoms with Crippen molar-refractivity contribution >= 4 is 15.9 Å². The first-order valence-corrected chi connectivity index (χ1v) is 9.44. The van der Waals surface area contributed by atoms with Crippen LogP contribution in [0, 0.1) is 5.95 Å². The molecule has 1 saturated heterocycles. The molecule has 2 aliphatic rings. The number of halogens is 1. The SMILES string of the molecule is O=S1(=O)N=C(N2CCC(Oc3ccc(F)nc3)CC2)c2ccccc21. The number of hydrogen-bond donors (Lipinski definition) is 0. The fourth-order valence-electron chi connectivity index (χ4n) is 3.13. The monoisotopic (exact) mass is 361 g/mol. The van der Waals surface area contributed by atoms with Crippen molar-refractivity contribution < 1.29 is 17.5 Å². The quantitative estimate of drug-likeness (QED) is 0.767. The molecular formula is C17H16FN3O3S. The first-order chi connectivity index (χ1) is 12.0. The number of piperidine rings is 1. The van der Waals surface area contributed by atoms with Crippen LogP contribution in [0.3, 0.4) is 0 Å². The van der Waals surface area contributed by atoms with Gasteiger partial charge in [0, 0.05) is 31.5 Å². The Kier molecular flexibility index (Phi) is 3.91. The predicted molar refractivity (Wildman–Crippen MR) is 89.6 cm³/mol. The number of benzene rings is 1. The van der Waals surface area contributed by atoms with Crippen molar-refractivity contribution in [1.29, 1.82) is 0 Å². The van der Waals surface area contributed by atoms with E-state index < -0.39 is 16.0 Å². The highest BCUT2D eigenvalue weighted by Gasteiger charge is 2.33. The van der Waals surface area contributed by atoms with Crippen LogP contribution in [0.25, 0.3) is 0 Å². The van der Waals surface area contributed by atoms with E-state index in [0.29, 0.717) is 30.2 Å². The molecule has 8 heteroatoms. The van der Waals surface area contributed by atoms with Crippen LogP contribution in [-0.4, -0.2) is 43.3 Å². The average molecular weight is 361 g/mol. The summed E-state index contributed by atoms with van der Waals surface area (Å²) >= 11 is 0. The van der Waals surface area contributed by atoms with Gasteiger partial charge in [-0.2, -0.15) is 12.8 Å². The molecule has 0 N–H and O–H groups in total. The summed E-state index contributed by atoms with van der Waals surface area (Å²) in [7, 11) is -3.60. The Morgan fingerprint density at radius 3 is 2.60 bits per heavy atom. The molecule has 2 aromatic rings. The topological polar surface area (TPSA) is 71.9 Å². The Bertz CT molecular complexity index is 920. The van der Waals surface area contributed by atoms with Gasteiger partial charge in [-0.05, 0) is 24.3 Å². The number of rotatable bonds is 2. The predicted octanol–water partition coefficient (Wildman–Crippen LogP) is 2.21. The van der Waals surface area contributed by atoms with E-state index in [1.165, 1.54) is 12.3 Å². The zero-order chi connectivity index (χ0) is 17.4. The molecule has 0 aliphatic carbocycles. The molecule has 3 heterocycles. The van der Waals surface area contributed by atoms with E-state index in [9.17, 15) is 12.8 Å². The van der Waals surface area contributed by atoms with Crippen LogP contribution in [-0.2, 0) is 10.0 Å². The molecule has 6 nitrogen and oxygen atoms in total. The summed E-state index contributed by atoms with van der Waals surface area (Å²) in [5.74, 6) is 0.504. The Morgan fingerprint density at radius 1 is 1.12 bits per heavy atom. The van der Waals surface area contributed by atoms with Gasteiger partial charge in [0.2, 0.25) is 5.95 Å². The number of nitrogens with zero attached hydrogens (tertiary/aromatic N) is 3. The van der Waals surface area contributed by atoms with Gasteiger partial charge < -0.3 is 9.64 Å². The van der Waals surface area contributed by atoms with E-state index in [1.807, 2.05) is 11.0 Å². The van der Waals surface area contributed by atoms with Crippen LogP contribution in [0.2, 0.25) is 0 Å². The van der Waals surface area contributed by atoms with Crippen molar-refractivity contribution in [2.24, 2.45) is 4.40 Å². The minimum Gasteiger partial charge on any atom is -0.489 e. The molecule has 0 atom stereocenters. The third-order valence-electron chi connectivity index (χ3n) is 4.36. The van der Waals surface area contributed by atoms with E-state index in [-0.39, 0.29) is 11.0 Å². The van der Waals surface area contributed by atoms with Crippen molar-refractivity contribution in [3.63, 3.8) is 0 Å². The number of aromatic nitrogens is 1. The van der Waals surface area contributed by atoms with Gasteiger partial charge in [-0.3, -0.25) is 0 Å². The number of amidine groups is 1. The molecule has 0 spiro atoms. The van der Waals surface area contributed by atoms with Gasteiger partial charge in [0.25, 0.3) is 10.0 Å². The fourth-order valence-corrected chi connectivity index (χ4v) is 4.35. The number of likely N-dealkylation sites (tertiary alicyclic amines) is 1. The molecule has 4 rings (SSSR count).